The van der Waals surface area contributed by atoms with Crippen LogP contribution < -0.4 is 0 Å². The van der Waals surface area contributed by atoms with Gasteiger partial charge in [-0.2, -0.15) is 0 Å². The molecule has 0 aromatic carbocycles. The Morgan fingerprint density at radius 2 is 1.33 bits per heavy atom. The minimum Gasteiger partial charge on any atom is -0.289 e. The van der Waals surface area contributed by atoms with Gasteiger partial charge in [-0.1, -0.05) is 12.2 Å². The molecule has 0 heterocycles. The Bertz CT molecular complexity index is 297. The molecule has 0 N–H and O–H groups in total. The fourth-order valence-electron chi connectivity index (χ4n) is 1.46. The number of rotatable bonds is 0. The maximum Gasteiger partial charge on any atom is 0.193 e. The molecule has 2 aliphatic rings. The van der Waals surface area contributed by atoms with E-state index in [0.717, 1.165) is 22.3 Å². The van der Waals surface area contributed by atoms with Gasteiger partial charge in [0.15, 0.2) is 5.78 Å². The van der Waals surface area contributed by atoms with Crippen LogP contribution in [0.4, 0.5) is 0 Å². The average molecular weight is 160 g/mol. The molecule has 62 valence electrons. The molecule has 0 amide bonds. The van der Waals surface area contributed by atoms with Crippen molar-refractivity contribution in [3.8, 4) is 0 Å². The number of carbonyl (C=O) groups is 1. The second-order valence-electron chi connectivity index (χ2n) is 2.74. The van der Waals surface area contributed by atoms with Gasteiger partial charge in [0.25, 0.3) is 0 Å². The molecule has 0 aromatic heterocycles. The van der Waals surface area contributed by atoms with Gasteiger partial charge in [-0.25, -0.2) is 0 Å². The third-order valence-corrected chi connectivity index (χ3v) is 2.28. The quantitative estimate of drug-likeness (QED) is 0.498. The molecular formula is C11H12O. The highest BCUT2D eigenvalue weighted by Crippen LogP contribution is 2.35. The van der Waals surface area contributed by atoms with Gasteiger partial charge in [-0.3, -0.25) is 4.79 Å². The molecule has 2 aliphatic carbocycles. The topological polar surface area (TPSA) is 17.1 Å². The van der Waals surface area contributed by atoms with Gasteiger partial charge in [0.05, 0.1) is 0 Å². The summed E-state index contributed by atoms with van der Waals surface area (Å²) in [6, 6.07) is 0. The van der Waals surface area contributed by atoms with E-state index in [-0.39, 0.29) is 5.78 Å². The summed E-state index contributed by atoms with van der Waals surface area (Å²) in [6.07, 6.45) is 3.81. The van der Waals surface area contributed by atoms with Gasteiger partial charge in [-0.05, 0) is 25.0 Å². The number of ketones is 1. The Morgan fingerprint density at radius 1 is 1.00 bits per heavy atom. The second kappa shape index (κ2) is 2.94. The van der Waals surface area contributed by atoms with Crippen molar-refractivity contribution >= 4 is 5.78 Å². The van der Waals surface area contributed by atoms with E-state index in [1.165, 1.54) is 0 Å². The van der Waals surface area contributed by atoms with Crippen LogP contribution in [0.15, 0.2) is 47.6 Å². The van der Waals surface area contributed by atoms with Gasteiger partial charge in [-0.15, -0.1) is 13.2 Å². The lowest BCUT2D eigenvalue weighted by Gasteiger charge is -1.97. The first-order valence-corrected chi connectivity index (χ1v) is 3.86. The Labute approximate surface area is 72.8 Å². The summed E-state index contributed by atoms with van der Waals surface area (Å²) < 4.78 is 0. The largest absolute Gasteiger partial charge is 0.289 e. The van der Waals surface area contributed by atoms with Crippen LogP contribution in [-0.4, -0.2) is 5.78 Å². The van der Waals surface area contributed by atoms with Crippen LogP contribution in [0.25, 0.3) is 0 Å². The van der Waals surface area contributed by atoms with E-state index in [4.69, 9.17) is 0 Å². The van der Waals surface area contributed by atoms with Crippen molar-refractivity contribution in [3.05, 3.63) is 47.6 Å². The normalized spacial score (nSPS) is 18.7. The SMILES string of the molecule is C=C.CC1=C2C=CC(=C1C)C2=O. The highest BCUT2D eigenvalue weighted by molar-refractivity contribution is 6.19. The van der Waals surface area contributed by atoms with E-state index in [1.54, 1.807) is 0 Å². The van der Waals surface area contributed by atoms with Crippen LogP contribution in [-0.2, 0) is 4.79 Å². The highest BCUT2D eigenvalue weighted by atomic mass is 16.1. The monoisotopic (exact) mass is 160 g/mol. The van der Waals surface area contributed by atoms with Crippen LogP contribution in [0, 0.1) is 0 Å². The van der Waals surface area contributed by atoms with Crippen LogP contribution in [0.3, 0.4) is 0 Å². The lowest BCUT2D eigenvalue weighted by atomic mass is 10.1. The molecule has 0 atom stereocenters. The van der Waals surface area contributed by atoms with Gasteiger partial charge < -0.3 is 0 Å². The first-order chi connectivity index (χ1) is 5.72. The van der Waals surface area contributed by atoms with E-state index in [1.807, 2.05) is 26.0 Å². The Balaban J connectivity index is 0.000000336. The molecule has 2 bridgehead atoms. The molecule has 0 spiro atoms. The zero-order valence-electron chi connectivity index (χ0n) is 7.48. The summed E-state index contributed by atoms with van der Waals surface area (Å²) >= 11 is 0. The minimum atomic E-state index is 0.218. The molecule has 0 saturated heterocycles. The number of carbonyl (C=O) groups excluding carboxylic acids is 1. The van der Waals surface area contributed by atoms with Crippen molar-refractivity contribution in [2.75, 3.05) is 0 Å². The van der Waals surface area contributed by atoms with E-state index in [0.29, 0.717) is 0 Å². The Hall–Kier alpha value is -1.37. The smallest absolute Gasteiger partial charge is 0.193 e. The van der Waals surface area contributed by atoms with Gasteiger partial charge in [0.1, 0.15) is 0 Å². The van der Waals surface area contributed by atoms with E-state index in [2.05, 4.69) is 13.2 Å². The summed E-state index contributed by atoms with van der Waals surface area (Å²) in [5.41, 5.74) is 4.10. The number of allylic oxidation sites excluding steroid dienone is 6. The molecule has 0 aliphatic heterocycles. The fraction of sp³-hybridized carbons (Fsp3) is 0.182. The fourth-order valence-corrected chi connectivity index (χ4v) is 1.46. The first-order valence-electron chi connectivity index (χ1n) is 3.86. The molecule has 12 heavy (non-hydrogen) atoms. The van der Waals surface area contributed by atoms with Crippen LogP contribution in [0.5, 0.6) is 0 Å². The van der Waals surface area contributed by atoms with Crippen molar-refractivity contribution in [3.63, 3.8) is 0 Å². The zero-order valence-corrected chi connectivity index (χ0v) is 7.48. The van der Waals surface area contributed by atoms with Gasteiger partial charge in [0, 0.05) is 11.1 Å². The number of hydrogen-bond donors (Lipinski definition) is 0. The molecule has 0 unspecified atom stereocenters. The summed E-state index contributed by atoms with van der Waals surface area (Å²) in [7, 11) is 0. The lowest BCUT2D eigenvalue weighted by molar-refractivity contribution is -0.111. The van der Waals surface area contributed by atoms with Crippen molar-refractivity contribution in [2.45, 2.75) is 13.8 Å². The lowest BCUT2D eigenvalue weighted by Crippen LogP contribution is -1.90. The minimum absolute atomic E-state index is 0.218. The third kappa shape index (κ3) is 0.900. The predicted molar refractivity (Wildman–Crippen MR) is 50.8 cm³/mol. The maximum atomic E-state index is 11.2. The van der Waals surface area contributed by atoms with E-state index < -0.39 is 0 Å². The standard InChI is InChI=1S/C9H8O.C2H4/c1-5-6(2)8-4-3-7(5)9(8)10;1-2/h3-4H,1-2H3;1-2H2. The summed E-state index contributed by atoms with van der Waals surface area (Å²) in [5, 5.41) is 0. The predicted octanol–water partition coefficient (Wildman–Crippen LogP) is 2.57. The molecular weight excluding hydrogens is 148 g/mol. The van der Waals surface area contributed by atoms with Crippen molar-refractivity contribution in [1.29, 1.82) is 0 Å². The van der Waals surface area contributed by atoms with Crippen molar-refractivity contribution < 1.29 is 4.79 Å². The molecule has 1 heteroatoms. The molecule has 0 saturated carbocycles. The first kappa shape index (κ1) is 8.72. The van der Waals surface area contributed by atoms with Crippen molar-refractivity contribution in [1.82, 2.24) is 0 Å². The summed E-state index contributed by atoms with van der Waals surface area (Å²) in [6.45, 7) is 10.00. The van der Waals surface area contributed by atoms with E-state index >= 15 is 0 Å². The molecule has 0 fully saturated rings. The van der Waals surface area contributed by atoms with Crippen LogP contribution >= 0.6 is 0 Å². The Kier molecular flexibility index (Phi) is 2.13. The second-order valence-corrected chi connectivity index (χ2v) is 2.74. The van der Waals surface area contributed by atoms with Crippen molar-refractivity contribution in [2.24, 2.45) is 0 Å². The third-order valence-electron chi connectivity index (χ3n) is 2.28. The van der Waals surface area contributed by atoms with E-state index in [9.17, 15) is 4.79 Å². The number of hydrogen-bond acceptors (Lipinski definition) is 1. The molecule has 0 aromatic rings. The molecule has 0 radical (unpaired) electrons. The summed E-state index contributed by atoms with van der Waals surface area (Å²) in [5.74, 6) is 0.218. The number of fused-ring (bicyclic) bond motifs is 2. The van der Waals surface area contributed by atoms with Gasteiger partial charge in [0.2, 0.25) is 0 Å². The van der Waals surface area contributed by atoms with Gasteiger partial charge >= 0.3 is 0 Å². The molecule has 2 rings (SSSR count). The highest BCUT2D eigenvalue weighted by Gasteiger charge is 2.28. The maximum absolute atomic E-state index is 11.2. The summed E-state index contributed by atoms with van der Waals surface area (Å²) in [4.78, 5) is 11.2. The van der Waals surface area contributed by atoms with Crippen LogP contribution in [0.1, 0.15) is 13.8 Å². The van der Waals surface area contributed by atoms with Crippen LogP contribution in [0.2, 0.25) is 0 Å². The Morgan fingerprint density at radius 3 is 1.50 bits per heavy atom. The number of Topliss-reactive ketones (excluding diaryl/α,β-unsaturated/α-hetero) is 1. The molecule has 1 nitrogen and oxygen atoms in total. The zero-order chi connectivity index (χ0) is 9.30. The average Bonchev–Trinajstić information content (AvgIpc) is 2.55.